The smallest absolute Gasteiger partial charge is 0.203 e. The molecule has 0 fully saturated rings. The van der Waals surface area contributed by atoms with Gasteiger partial charge >= 0.3 is 0 Å². The third-order valence-electron chi connectivity index (χ3n) is 3.64. The van der Waals surface area contributed by atoms with Crippen molar-refractivity contribution < 1.29 is 18.9 Å². The van der Waals surface area contributed by atoms with Gasteiger partial charge in [-0.15, -0.1) is 0 Å². The number of hydrogen-bond donors (Lipinski definition) is 1. The van der Waals surface area contributed by atoms with Crippen LogP contribution in [0.4, 0.5) is 5.69 Å². The third-order valence-corrected chi connectivity index (χ3v) is 3.64. The molecule has 0 saturated carbocycles. The van der Waals surface area contributed by atoms with Crippen LogP contribution in [-0.2, 0) is 0 Å². The van der Waals surface area contributed by atoms with E-state index >= 15 is 0 Å². The van der Waals surface area contributed by atoms with Crippen molar-refractivity contribution in [1.29, 1.82) is 0 Å². The van der Waals surface area contributed by atoms with Crippen LogP contribution in [0.1, 0.15) is 11.1 Å². The molecule has 2 aromatic rings. The van der Waals surface area contributed by atoms with Gasteiger partial charge in [-0.05, 0) is 41.5 Å². The van der Waals surface area contributed by atoms with Crippen molar-refractivity contribution in [3.63, 3.8) is 0 Å². The molecule has 0 spiro atoms. The summed E-state index contributed by atoms with van der Waals surface area (Å²) in [5.74, 6) is 2.01. The predicted octanol–water partition coefficient (Wildman–Crippen LogP) is 3.72. The molecule has 130 valence electrons. The number of nitrogen functional groups attached to an aromatic ring is 1. The summed E-state index contributed by atoms with van der Waals surface area (Å²) in [5, 5.41) is 0. The normalized spacial score (nSPS) is 10.8. The van der Waals surface area contributed by atoms with E-state index in [4.69, 9.17) is 31.3 Å². The molecule has 0 unspecified atom stereocenters. The van der Waals surface area contributed by atoms with Gasteiger partial charge in [-0.1, -0.05) is 6.07 Å². The number of benzene rings is 2. The van der Waals surface area contributed by atoms with Crippen molar-refractivity contribution in [2.24, 2.45) is 0 Å². The molecule has 25 heavy (non-hydrogen) atoms. The molecule has 0 heterocycles. The first kappa shape index (κ1) is 18.0. The fourth-order valence-electron chi connectivity index (χ4n) is 2.38. The first-order chi connectivity index (χ1) is 12.1. The molecule has 0 bridgehead atoms. The predicted molar refractivity (Wildman–Crippen MR) is 98.0 cm³/mol. The SMILES string of the molecule is [C-]#[N+]C(=Cc1ccc(N)c(OC)c1)c1cc(OC)c(OC)c(OC)c1. The van der Waals surface area contributed by atoms with Crippen LogP contribution in [0.25, 0.3) is 16.6 Å². The van der Waals surface area contributed by atoms with Crippen molar-refractivity contribution in [1.82, 2.24) is 0 Å². The molecule has 0 radical (unpaired) electrons. The zero-order chi connectivity index (χ0) is 18.4. The summed E-state index contributed by atoms with van der Waals surface area (Å²) in [5.41, 5.74) is 8.24. The first-order valence-corrected chi connectivity index (χ1v) is 7.41. The Morgan fingerprint density at radius 2 is 1.52 bits per heavy atom. The summed E-state index contributed by atoms with van der Waals surface area (Å²) >= 11 is 0. The highest BCUT2D eigenvalue weighted by molar-refractivity contribution is 5.87. The zero-order valence-corrected chi connectivity index (χ0v) is 14.6. The fraction of sp³-hybridized carbons (Fsp3) is 0.211. The minimum atomic E-state index is 0.422. The van der Waals surface area contributed by atoms with E-state index in [2.05, 4.69) is 4.85 Å². The Balaban J connectivity index is 2.56. The van der Waals surface area contributed by atoms with Gasteiger partial charge in [-0.3, -0.25) is 0 Å². The molecule has 0 aromatic heterocycles. The van der Waals surface area contributed by atoms with Crippen molar-refractivity contribution in [3.05, 3.63) is 52.9 Å². The Morgan fingerprint density at radius 1 is 0.920 bits per heavy atom. The molecule has 6 nitrogen and oxygen atoms in total. The number of methoxy groups -OCH3 is 4. The van der Waals surface area contributed by atoms with Gasteiger partial charge in [0.15, 0.2) is 17.2 Å². The summed E-state index contributed by atoms with van der Waals surface area (Å²) < 4.78 is 21.2. The van der Waals surface area contributed by atoms with Crippen molar-refractivity contribution in [2.75, 3.05) is 34.2 Å². The molecule has 0 aliphatic heterocycles. The molecular weight excluding hydrogens is 320 g/mol. The van der Waals surface area contributed by atoms with Crippen molar-refractivity contribution in [2.45, 2.75) is 0 Å². The molecule has 0 aliphatic rings. The van der Waals surface area contributed by atoms with Gasteiger partial charge in [-0.2, -0.15) is 0 Å². The number of anilines is 1. The van der Waals surface area contributed by atoms with E-state index in [9.17, 15) is 0 Å². The summed E-state index contributed by atoms with van der Waals surface area (Å²) in [6.07, 6.45) is 1.75. The van der Waals surface area contributed by atoms with Crippen LogP contribution in [0.5, 0.6) is 23.0 Å². The minimum Gasteiger partial charge on any atom is -0.495 e. The average molecular weight is 340 g/mol. The van der Waals surface area contributed by atoms with Gasteiger partial charge < -0.3 is 24.7 Å². The van der Waals surface area contributed by atoms with E-state index in [1.165, 1.54) is 21.3 Å². The summed E-state index contributed by atoms with van der Waals surface area (Å²) in [6, 6.07) is 8.81. The van der Waals surface area contributed by atoms with Crippen LogP contribution in [0.2, 0.25) is 0 Å². The maximum atomic E-state index is 7.53. The molecule has 0 atom stereocenters. The second-order valence-corrected chi connectivity index (χ2v) is 5.06. The molecule has 2 N–H and O–H groups in total. The van der Waals surface area contributed by atoms with E-state index in [0.29, 0.717) is 39.9 Å². The van der Waals surface area contributed by atoms with Crippen LogP contribution in [-0.4, -0.2) is 28.4 Å². The molecule has 2 aromatic carbocycles. The van der Waals surface area contributed by atoms with E-state index in [-0.39, 0.29) is 0 Å². The quantitative estimate of drug-likeness (QED) is 0.493. The molecule has 2 rings (SSSR count). The fourth-order valence-corrected chi connectivity index (χ4v) is 2.38. The summed E-state index contributed by atoms with van der Waals surface area (Å²) in [7, 11) is 6.15. The van der Waals surface area contributed by atoms with Crippen LogP contribution in [0.15, 0.2) is 30.3 Å². The lowest BCUT2D eigenvalue weighted by Crippen LogP contribution is -1.96. The van der Waals surface area contributed by atoms with Gasteiger partial charge in [0.1, 0.15) is 5.75 Å². The highest BCUT2D eigenvalue weighted by Crippen LogP contribution is 2.40. The number of nitrogens with zero attached hydrogens (tertiary/aromatic N) is 1. The zero-order valence-electron chi connectivity index (χ0n) is 14.6. The number of rotatable bonds is 6. The monoisotopic (exact) mass is 340 g/mol. The van der Waals surface area contributed by atoms with E-state index in [1.54, 1.807) is 37.5 Å². The average Bonchev–Trinajstić information content (AvgIpc) is 2.65. The lowest BCUT2D eigenvalue weighted by molar-refractivity contribution is 0.324. The number of nitrogens with two attached hydrogens (primary N) is 1. The van der Waals surface area contributed by atoms with E-state index < -0.39 is 0 Å². The molecular formula is C19H20N2O4. The van der Waals surface area contributed by atoms with Gasteiger partial charge in [0.25, 0.3) is 0 Å². The van der Waals surface area contributed by atoms with E-state index in [1.807, 2.05) is 6.07 Å². The van der Waals surface area contributed by atoms with Gasteiger partial charge in [-0.25, -0.2) is 4.85 Å². The third kappa shape index (κ3) is 3.78. The number of hydrogen-bond acceptors (Lipinski definition) is 5. The van der Waals surface area contributed by atoms with Crippen molar-refractivity contribution >= 4 is 17.5 Å². The lowest BCUT2D eigenvalue weighted by atomic mass is 10.1. The molecule has 0 saturated heterocycles. The highest BCUT2D eigenvalue weighted by atomic mass is 16.5. The molecule has 6 heteroatoms. The van der Waals surface area contributed by atoms with Gasteiger partial charge in [0.05, 0.1) is 40.7 Å². The van der Waals surface area contributed by atoms with Gasteiger partial charge in [0.2, 0.25) is 5.75 Å². The molecule has 0 aliphatic carbocycles. The highest BCUT2D eigenvalue weighted by Gasteiger charge is 2.15. The van der Waals surface area contributed by atoms with Crippen LogP contribution < -0.4 is 24.7 Å². The Hall–Kier alpha value is -3.33. The summed E-state index contributed by atoms with van der Waals surface area (Å²) in [4.78, 5) is 3.62. The lowest BCUT2D eigenvalue weighted by Gasteiger charge is -2.14. The van der Waals surface area contributed by atoms with Crippen LogP contribution >= 0.6 is 0 Å². The molecule has 0 amide bonds. The Kier molecular flexibility index (Phi) is 5.75. The topological polar surface area (TPSA) is 67.3 Å². The largest absolute Gasteiger partial charge is 0.495 e. The van der Waals surface area contributed by atoms with Crippen LogP contribution in [0.3, 0.4) is 0 Å². The Labute approximate surface area is 147 Å². The van der Waals surface area contributed by atoms with E-state index in [0.717, 1.165) is 5.56 Å². The summed E-state index contributed by atoms with van der Waals surface area (Å²) in [6.45, 7) is 7.53. The van der Waals surface area contributed by atoms with Crippen LogP contribution in [0, 0.1) is 6.57 Å². The number of ether oxygens (including phenoxy) is 4. The maximum absolute atomic E-state index is 7.53. The Bertz CT molecular complexity index is 813. The standard InChI is InChI=1S/C19H20N2O4/c1-21-15(8-12-6-7-14(20)16(9-12)22-2)13-10-17(23-3)19(25-5)18(11-13)24-4/h6-11H,20H2,2-5H3. The second kappa shape index (κ2) is 7.97. The second-order valence-electron chi connectivity index (χ2n) is 5.06. The first-order valence-electron chi connectivity index (χ1n) is 7.41. The van der Waals surface area contributed by atoms with Gasteiger partial charge in [0, 0.05) is 0 Å². The van der Waals surface area contributed by atoms with Crippen molar-refractivity contribution in [3.8, 4) is 23.0 Å². The Morgan fingerprint density at radius 3 is 2.00 bits per heavy atom. The maximum Gasteiger partial charge on any atom is 0.203 e. The minimum absolute atomic E-state index is 0.422.